The number of ether oxygens (including phenoxy) is 2. The lowest BCUT2D eigenvalue weighted by atomic mass is 9.99. The molecule has 1 heterocycles. The second-order valence-electron chi connectivity index (χ2n) is 5.51. The quantitative estimate of drug-likeness (QED) is 0.776. The third kappa shape index (κ3) is 4.09. The lowest BCUT2D eigenvalue weighted by Crippen LogP contribution is -2.23. The van der Waals surface area contributed by atoms with E-state index >= 15 is 0 Å². The Morgan fingerprint density at radius 3 is 3.05 bits per heavy atom. The molecule has 0 aliphatic carbocycles. The molecule has 1 aromatic carbocycles. The number of rotatable bonds is 7. The van der Waals surface area contributed by atoms with Crippen LogP contribution in [0.2, 0.25) is 0 Å². The maximum atomic E-state index is 5.55. The van der Waals surface area contributed by atoms with Gasteiger partial charge in [-0.25, -0.2) is 0 Å². The molecule has 20 heavy (non-hydrogen) atoms. The average Bonchev–Trinajstić information content (AvgIpc) is 2.89. The molecule has 1 aliphatic rings. The minimum absolute atomic E-state index is 0.537. The van der Waals surface area contributed by atoms with Gasteiger partial charge in [0.15, 0.2) is 0 Å². The van der Waals surface area contributed by atoms with Gasteiger partial charge in [0, 0.05) is 26.6 Å². The molecule has 0 aromatic heterocycles. The van der Waals surface area contributed by atoms with Crippen molar-refractivity contribution in [3.8, 4) is 5.75 Å². The van der Waals surface area contributed by atoms with Crippen LogP contribution in [0.4, 0.5) is 0 Å². The zero-order valence-electron chi connectivity index (χ0n) is 12.7. The summed E-state index contributed by atoms with van der Waals surface area (Å²) >= 11 is 0. The van der Waals surface area contributed by atoms with Gasteiger partial charge in [-0.2, -0.15) is 0 Å². The van der Waals surface area contributed by atoms with Crippen LogP contribution in [-0.2, 0) is 11.2 Å². The molecule has 0 fully saturated rings. The van der Waals surface area contributed by atoms with Crippen molar-refractivity contribution in [2.45, 2.75) is 20.3 Å². The molecule has 0 atom stereocenters. The molecule has 0 bridgehead atoms. The Kier molecular flexibility index (Phi) is 5.62. The topological polar surface area (TPSA) is 30.5 Å². The lowest BCUT2D eigenvalue weighted by Gasteiger charge is -2.13. The van der Waals surface area contributed by atoms with Gasteiger partial charge in [-0.3, -0.25) is 0 Å². The largest absolute Gasteiger partial charge is 0.493 e. The molecule has 3 nitrogen and oxygen atoms in total. The van der Waals surface area contributed by atoms with Crippen molar-refractivity contribution < 1.29 is 9.47 Å². The highest BCUT2D eigenvalue weighted by atomic mass is 16.5. The predicted octanol–water partition coefficient (Wildman–Crippen LogP) is 2.90. The van der Waals surface area contributed by atoms with Gasteiger partial charge in [0.05, 0.1) is 13.2 Å². The lowest BCUT2D eigenvalue weighted by molar-refractivity contribution is 0.200. The van der Waals surface area contributed by atoms with Gasteiger partial charge in [0.25, 0.3) is 0 Å². The van der Waals surface area contributed by atoms with Crippen molar-refractivity contribution in [1.29, 1.82) is 0 Å². The molecule has 0 spiro atoms. The number of fused-ring (bicyclic) bond motifs is 1. The molecule has 1 aromatic rings. The summed E-state index contributed by atoms with van der Waals surface area (Å²) in [6.45, 7) is 7.84. The molecule has 1 N–H and O–H groups in total. The van der Waals surface area contributed by atoms with Crippen molar-refractivity contribution in [2.75, 3.05) is 33.4 Å². The molecular formula is C17H25NO2. The van der Waals surface area contributed by atoms with Crippen LogP contribution in [0.5, 0.6) is 5.75 Å². The number of nitrogens with one attached hydrogen (secondary N) is 1. The van der Waals surface area contributed by atoms with E-state index in [1.54, 1.807) is 7.11 Å². The fraction of sp³-hybridized carbons (Fsp3) is 0.529. The molecule has 0 saturated heterocycles. The first-order chi connectivity index (χ1) is 9.70. The van der Waals surface area contributed by atoms with Crippen LogP contribution in [-0.4, -0.2) is 33.4 Å². The van der Waals surface area contributed by atoms with Gasteiger partial charge < -0.3 is 14.8 Å². The minimum atomic E-state index is 0.537. The highest BCUT2D eigenvalue weighted by Gasteiger charge is 2.12. The van der Waals surface area contributed by atoms with Crippen LogP contribution < -0.4 is 10.1 Å². The Morgan fingerprint density at radius 2 is 2.30 bits per heavy atom. The van der Waals surface area contributed by atoms with Gasteiger partial charge in [0.2, 0.25) is 0 Å². The van der Waals surface area contributed by atoms with Crippen LogP contribution in [0.3, 0.4) is 0 Å². The fourth-order valence-electron chi connectivity index (χ4n) is 2.34. The molecule has 110 valence electrons. The van der Waals surface area contributed by atoms with E-state index < -0.39 is 0 Å². The summed E-state index contributed by atoms with van der Waals surface area (Å²) in [7, 11) is 1.73. The molecule has 0 radical (unpaired) electrons. The Balaban J connectivity index is 2.04. The molecule has 1 aliphatic heterocycles. The number of hydrogen-bond donors (Lipinski definition) is 1. The predicted molar refractivity (Wildman–Crippen MR) is 83.2 cm³/mol. The first-order valence-corrected chi connectivity index (χ1v) is 7.36. The molecule has 2 rings (SSSR count). The van der Waals surface area contributed by atoms with Gasteiger partial charge in [0.1, 0.15) is 5.75 Å². The second kappa shape index (κ2) is 7.46. The Morgan fingerprint density at radius 1 is 1.45 bits per heavy atom. The SMILES string of the molecule is COCCNCC(=Cc1ccc2c(c1)CCO2)C(C)C. The van der Waals surface area contributed by atoms with Gasteiger partial charge >= 0.3 is 0 Å². The minimum Gasteiger partial charge on any atom is -0.493 e. The highest BCUT2D eigenvalue weighted by Crippen LogP contribution is 2.27. The second-order valence-corrected chi connectivity index (χ2v) is 5.51. The Bertz CT molecular complexity index is 466. The summed E-state index contributed by atoms with van der Waals surface area (Å²) in [5.74, 6) is 1.58. The van der Waals surface area contributed by atoms with E-state index in [4.69, 9.17) is 9.47 Å². The summed E-state index contributed by atoms with van der Waals surface area (Å²) in [6, 6.07) is 6.48. The summed E-state index contributed by atoms with van der Waals surface area (Å²) in [5, 5.41) is 3.42. The summed E-state index contributed by atoms with van der Waals surface area (Å²) < 4.78 is 10.6. The zero-order chi connectivity index (χ0) is 14.4. The number of methoxy groups -OCH3 is 1. The number of hydrogen-bond acceptors (Lipinski definition) is 3. The van der Waals surface area contributed by atoms with E-state index in [2.05, 4.69) is 43.4 Å². The van der Waals surface area contributed by atoms with E-state index in [1.807, 2.05) is 0 Å². The number of benzene rings is 1. The maximum absolute atomic E-state index is 5.55. The van der Waals surface area contributed by atoms with Gasteiger partial charge in [-0.05, 0) is 29.2 Å². The third-order valence-corrected chi connectivity index (χ3v) is 3.62. The Labute approximate surface area is 122 Å². The first kappa shape index (κ1) is 15.1. The van der Waals surface area contributed by atoms with E-state index in [0.717, 1.165) is 38.5 Å². The highest BCUT2D eigenvalue weighted by molar-refractivity contribution is 5.57. The molecule has 0 amide bonds. The summed E-state index contributed by atoms with van der Waals surface area (Å²) in [4.78, 5) is 0. The molecule has 3 heteroatoms. The van der Waals surface area contributed by atoms with Crippen molar-refractivity contribution in [1.82, 2.24) is 5.32 Å². The van der Waals surface area contributed by atoms with Crippen LogP contribution in [0.1, 0.15) is 25.0 Å². The van der Waals surface area contributed by atoms with Crippen molar-refractivity contribution in [2.24, 2.45) is 5.92 Å². The standard InChI is InChI=1S/C17H25NO2/c1-13(2)16(12-18-7-9-19-3)11-14-4-5-17-15(10-14)6-8-20-17/h4-5,10-11,13,18H,6-9,12H2,1-3H3. The zero-order valence-corrected chi connectivity index (χ0v) is 12.7. The van der Waals surface area contributed by atoms with Crippen molar-refractivity contribution in [3.63, 3.8) is 0 Å². The first-order valence-electron chi connectivity index (χ1n) is 7.36. The van der Waals surface area contributed by atoms with Crippen molar-refractivity contribution >= 4 is 6.08 Å². The van der Waals surface area contributed by atoms with Crippen LogP contribution in [0.25, 0.3) is 6.08 Å². The molecule has 0 saturated carbocycles. The third-order valence-electron chi connectivity index (χ3n) is 3.62. The van der Waals surface area contributed by atoms with Gasteiger partial charge in [-0.1, -0.05) is 31.6 Å². The van der Waals surface area contributed by atoms with E-state index in [9.17, 15) is 0 Å². The average molecular weight is 275 g/mol. The maximum Gasteiger partial charge on any atom is 0.122 e. The van der Waals surface area contributed by atoms with E-state index in [0.29, 0.717) is 5.92 Å². The van der Waals surface area contributed by atoms with Gasteiger partial charge in [-0.15, -0.1) is 0 Å². The van der Waals surface area contributed by atoms with Crippen molar-refractivity contribution in [3.05, 3.63) is 34.9 Å². The summed E-state index contributed by atoms with van der Waals surface area (Å²) in [5.41, 5.74) is 4.01. The summed E-state index contributed by atoms with van der Waals surface area (Å²) in [6.07, 6.45) is 3.32. The monoisotopic (exact) mass is 275 g/mol. The molecular weight excluding hydrogens is 250 g/mol. The van der Waals surface area contributed by atoms with Crippen LogP contribution in [0, 0.1) is 5.92 Å². The molecule has 0 unspecified atom stereocenters. The smallest absolute Gasteiger partial charge is 0.122 e. The van der Waals surface area contributed by atoms with E-state index in [-0.39, 0.29) is 0 Å². The van der Waals surface area contributed by atoms with Crippen LogP contribution >= 0.6 is 0 Å². The van der Waals surface area contributed by atoms with Crippen LogP contribution in [0.15, 0.2) is 23.8 Å². The van der Waals surface area contributed by atoms with E-state index in [1.165, 1.54) is 16.7 Å². The normalized spacial score (nSPS) is 14.5. The fourth-order valence-corrected chi connectivity index (χ4v) is 2.34. The Hall–Kier alpha value is -1.32.